The molecule has 0 aliphatic heterocycles. The molecule has 1 amide bonds. The van der Waals surface area contributed by atoms with Gasteiger partial charge in [-0.1, -0.05) is 36.0 Å². The fourth-order valence-corrected chi connectivity index (χ4v) is 4.06. The number of aryl methyl sites for hydroxylation is 1. The number of hydrogen-bond acceptors (Lipinski definition) is 5. The second kappa shape index (κ2) is 7.57. The monoisotopic (exact) mass is 343 g/mol. The fraction of sp³-hybridized carbons (Fsp3) is 0.235. The average molecular weight is 343 g/mol. The number of thiophene rings is 1. The molecule has 2 heterocycles. The molecule has 0 aliphatic carbocycles. The van der Waals surface area contributed by atoms with Crippen molar-refractivity contribution in [3.63, 3.8) is 0 Å². The minimum absolute atomic E-state index is 0.0342. The van der Waals surface area contributed by atoms with Gasteiger partial charge in [0.2, 0.25) is 5.91 Å². The fourth-order valence-electron chi connectivity index (χ4n) is 2.28. The van der Waals surface area contributed by atoms with Crippen molar-refractivity contribution in [2.75, 3.05) is 12.3 Å². The van der Waals surface area contributed by atoms with Gasteiger partial charge in [-0.15, -0.1) is 11.3 Å². The molecule has 0 saturated heterocycles. The van der Waals surface area contributed by atoms with Crippen LogP contribution in [0.15, 0.2) is 47.1 Å². The number of hydrogen-bond donors (Lipinski definition) is 1. The maximum Gasteiger partial charge on any atom is 0.230 e. The molecule has 0 atom stereocenters. The summed E-state index contributed by atoms with van der Waals surface area (Å²) in [6, 6.07) is 10.2. The number of fused-ring (bicyclic) bond motifs is 1. The molecule has 1 aromatic carbocycles. The van der Waals surface area contributed by atoms with Gasteiger partial charge in [0.15, 0.2) is 0 Å². The first-order valence-electron chi connectivity index (χ1n) is 7.36. The first-order valence-corrected chi connectivity index (χ1v) is 9.23. The van der Waals surface area contributed by atoms with E-state index in [-0.39, 0.29) is 5.91 Å². The van der Waals surface area contributed by atoms with Gasteiger partial charge in [-0.3, -0.25) is 4.79 Å². The Morgan fingerprint density at radius 2 is 2.13 bits per heavy atom. The van der Waals surface area contributed by atoms with Crippen molar-refractivity contribution in [1.29, 1.82) is 0 Å². The number of aromatic nitrogens is 2. The Morgan fingerprint density at radius 1 is 1.26 bits per heavy atom. The maximum atomic E-state index is 12.0. The third-order valence-corrected chi connectivity index (χ3v) is 5.56. The highest BCUT2D eigenvalue weighted by atomic mass is 32.2. The van der Waals surface area contributed by atoms with Crippen LogP contribution < -0.4 is 5.32 Å². The van der Waals surface area contributed by atoms with Crippen molar-refractivity contribution >= 4 is 39.2 Å². The van der Waals surface area contributed by atoms with Crippen LogP contribution in [0, 0.1) is 6.92 Å². The Labute approximate surface area is 143 Å². The third-order valence-electron chi connectivity index (χ3n) is 3.53. The number of nitrogens with zero attached hydrogens (tertiary/aromatic N) is 2. The summed E-state index contributed by atoms with van der Waals surface area (Å²) in [6.45, 7) is 2.75. The highest BCUT2D eigenvalue weighted by Crippen LogP contribution is 2.28. The van der Waals surface area contributed by atoms with E-state index in [1.165, 1.54) is 22.9 Å². The zero-order chi connectivity index (χ0) is 16.1. The zero-order valence-electron chi connectivity index (χ0n) is 12.8. The van der Waals surface area contributed by atoms with Crippen molar-refractivity contribution in [2.45, 2.75) is 18.4 Å². The number of carbonyl (C=O) groups is 1. The number of rotatable bonds is 6. The van der Waals surface area contributed by atoms with Crippen molar-refractivity contribution in [2.24, 2.45) is 0 Å². The lowest BCUT2D eigenvalue weighted by Gasteiger charge is -2.07. The summed E-state index contributed by atoms with van der Waals surface area (Å²) in [4.78, 5) is 20.5. The lowest BCUT2D eigenvalue weighted by Crippen LogP contribution is -2.27. The summed E-state index contributed by atoms with van der Waals surface area (Å²) in [6.07, 6.45) is 2.40. The molecule has 0 fully saturated rings. The predicted molar refractivity (Wildman–Crippen MR) is 96.0 cm³/mol. The van der Waals surface area contributed by atoms with E-state index in [0.29, 0.717) is 12.3 Å². The predicted octanol–water partition coefficient (Wildman–Crippen LogP) is 3.45. The summed E-state index contributed by atoms with van der Waals surface area (Å²) in [5.41, 5.74) is 3.47. The Bertz CT molecular complexity index is 816. The van der Waals surface area contributed by atoms with Gasteiger partial charge < -0.3 is 5.32 Å². The Hall–Kier alpha value is -1.92. The molecule has 6 heteroatoms. The highest BCUT2D eigenvalue weighted by molar-refractivity contribution is 8.00. The number of amides is 1. The Kier molecular flexibility index (Phi) is 5.25. The first-order chi connectivity index (χ1) is 11.2. The molecule has 0 aliphatic rings. The van der Waals surface area contributed by atoms with Crippen LogP contribution in [0.1, 0.15) is 11.1 Å². The lowest BCUT2D eigenvalue weighted by atomic mass is 10.1. The molecule has 0 saturated carbocycles. The standard InChI is InChI=1S/C17H17N3OS2/c1-12-4-2-3-5-13(12)6-8-18-15(21)10-23-17-16-14(7-9-22-16)19-11-20-17/h2-5,7,9,11H,6,8,10H2,1H3,(H,18,21). The molecular weight excluding hydrogens is 326 g/mol. The van der Waals surface area contributed by atoms with Gasteiger partial charge in [-0.25, -0.2) is 9.97 Å². The van der Waals surface area contributed by atoms with E-state index in [4.69, 9.17) is 0 Å². The maximum absolute atomic E-state index is 12.0. The van der Waals surface area contributed by atoms with Crippen molar-refractivity contribution in [3.05, 3.63) is 53.2 Å². The third kappa shape index (κ3) is 4.09. The van der Waals surface area contributed by atoms with Gasteiger partial charge in [0.1, 0.15) is 11.4 Å². The van der Waals surface area contributed by atoms with E-state index < -0.39 is 0 Å². The average Bonchev–Trinajstić information content (AvgIpc) is 3.04. The van der Waals surface area contributed by atoms with Gasteiger partial charge in [-0.05, 0) is 35.9 Å². The second-order valence-corrected chi connectivity index (χ2v) is 7.01. The van der Waals surface area contributed by atoms with Crippen molar-refractivity contribution in [3.8, 4) is 0 Å². The first kappa shape index (κ1) is 16.0. The van der Waals surface area contributed by atoms with Gasteiger partial charge in [0.05, 0.1) is 16.0 Å². The van der Waals surface area contributed by atoms with Crippen LogP contribution in [0.5, 0.6) is 0 Å². The van der Waals surface area contributed by atoms with Crippen LogP contribution in [0.4, 0.5) is 0 Å². The smallest absolute Gasteiger partial charge is 0.230 e. The number of carbonyl (C=O) groups excluding carboxylic acids is 1. The van der Waals surface area contributed by atoms with Crippen molar-refractivity contribution in [1.82, 2.24) is 15.3 Å². The molecule has 3 aromatic rings. The van der Waals surface area contributed by atoms with Crippen LogP contribution in [0.3, 0.4) is 0 Å². The van der Waals surface area contributed by atoms with Crippen LogP contribution >= 0.6 is 23.1 Å². The van der Waals surface area contributed by atoms with Crippen LogP contribution in [0.2, 0.25) is 0 Å². The van der Waals surface area contributed by atoms with Gasteiger partial charge in [0, 0.05) is 6.54 Å². The van der Waals surface area contributed by atoms with E-state index in [0.717, 1.165) is 21.7 Å². The van der Waals surface area contributed by atoms with E-state index >= 15 is 0 Å². The Balaban J connectivity index is 1.48. The minimum Gasteiger partial charge on any atom is -0.355 e. The highest BCUT2D eigenvalue weighted by Gasteiger charge is 2.08. The summed E-state index contributed by atoms with van der Waals surface area (Å²) in [7, 11) is 0. The van der Waals surface area contributed by atoms with E-state index in [2.05, 4.69) is 34.3 Å². The summed E-state index contributed by atoms with van der Waals surface area (Å²) >= 11 is 3.06. The van der Waals surface area contributed by atoms with E-state index in [1.807, 2.05) is 23.6 Å². The molecule has 4 nitrogen and oxygen atoms in total. The van der Waals surface area contributed by atoms with Crippen LogP contribution in [-0.4, -0.2) is 28.2 Å². The number of thioether (sulfide) groups is 1. The summed E-state index contributed by atoms with van der Waals surface area (Å²) < 4.78 is 1.05. The molecule has 23 heavy (non-hydrogen) atoms. The second-order valence-electron chi connectivity index (χ2n) is 5.13. The number of benzene rings is 1. The summed E-state index contributed by atoms with van der Waals surface area (Å²) in [5, 5.41) is 5.84. The largest absolute Gasteiger partial charge is 0.355 e. The summed E-state index contributed by atoms with van der Waals surface area (Å²) in [5.74, 6) is 0.407. The molecule has 1 N–H and O–H groups in total. The topological polar surface area (TPSA) is 54.9 Å². The van der Waals surface area contributed by atoms with Gasteiger partial charge >= 0.3 is 0 Å². The lowest BCUT2D eigenvalue weighted by molar-refractivity contribution is -0.118. The van der Waals surface area contributed by atoms with Crippen LogP contribution in [0.25, 0.3) is 10.2 Å². The quantitative estimate of drug-likeness (QED) is 0.550. The zero-order valence-corrected chi connectivity index (χ0v) is 14.4. The van der Waals surface area contributed by atoms with Crippen molar-refractivity contribution < 1.29 is 4.79 Å². The molecule has 0 spiro atoms. The molecule has 3 rings (SSSR count). The molecule has 0 unspecified atom stereocenters. The molecule has 0 radical (unpaired) electrons. The van der Waals surface area contributed by atoms with E-state index in [1.54, 1.807) is 17.7 Å². The minimum atomic E-state index is 0.0342. The van der Waals surface area contributed by atoms with E-state index in [9.17, 15) is 4.79 Å². The van der Waals surface area contributed by atoms with Crippen LogP contribution in [-0.2, 0) is 11.2 Å². The molecule has 2 aromatic heterocycles. The van der Waals surface area contributed by atoms with Gasteiger partial charge in [0.25, 0.3) is 0 Å². The SMILES string of the molecule is Cc1ccccc1CCNC(=O)CSc1ncnc2ccsc12. The molecular formula is C17H17N3OS2. The van der Waals surface area contributed by atoms with Gasteiger partial charge in [-0.2, -0.15) is 0 Å². The number of nitrogens with one attached hydrogen (secondary N) is 1. The normalized spacial score (nSPS) is 10.8. The molecule has 0 bridgehead atoms. The Morgan fingerprint density at radius 3 is 3.00 bits per heavy atom. The molecule has 118 valence electrons.